The highest BCUT2D eigenvalue weighted by atomic mass is 16.1. The second kappa shape index (κ2) is 4.94. The van der Waals surface area contributed by atoms with Crippen molar-refractivity contribution in [1.82, 2.24) is 15.5 Å². The van der Waals surface area contributed by atoms with Crippen molar-refractivity contribution >= 4 is 5.91 Å². The molecule has 2 N–H and O–H groups in total. The number of carbonyl (C=O) groups excluding carboxylic acids is 1. The van der Waals surface area contributed by atoms with Gasteiger partial charge in [0.25, 0.3) is 0 Å². The molecule has 1 aliphatic rings. The first-order valence-electron chi connectivity index (χ1n) is 5.60. The fraction of sp³-hybridized carbons (Fsp3) is 0.909. The van der Waals surface area contributed by atoms with Crippen LogP contribution in [0.4, 0.5) is 0 Å². The number of rotatable bonds is 4. The van der Waals surface area contributed by atoms with Gasteiger partial charge in [0.2, 0.25) is 5.91 Å². The summed E-state index contributed by atoms with van der Waals surface area (Å²) < 4.78 is 0. The first kappa shape index (κ1) is 12.5. The van der Waals surface area contributed by atoms with E-state index in [2.05, 4.69) is 36.4 Å². The maximum Gasteiger partial charge on any atom is 0.221 e. The van der Waals surface area contributed by atoms with Crippen molar-refractivity contribution in [3.63, 3.8) is 0 Å². The molecule has 1 unspecified atom stereocenters. The van der Waals surface area contributed by atoms with Crippen LogP contribution >= 0.6 is 0 Å². The van der Waals surface area contributed by atoms with Gasteiger partial charge in [0, 0.05) is 38.1 Å². The molecule has 4 nitrogen and oxygen atoms in total. The van der Waals surface area contributed by atoms with Crippen LogP contribution in [0.3, 0.4) is 0 Å². The highest BCUT2D eigenvalue weighted by Crippen LogP contribution is 2.21. The highest BCUT2D eigenvalue weighted by molar-refractivity contribution is 5.75. The van der Waals surface area contributed by atoms with Gasteiger partial charge < -0.3 is 15.5 Å². The molecule has 1 saturated heterocycles. The topological polar surface area (TPSA) is 44.4 Å². The van der Waals surface area contributed by atoms with E-state index in [0.29, 0.717) is 12.5 Å². The van der Waals surface area contributed by atoms with Gasteiger partial charge in [0.05, 0.1) is 0 Å². The molecule has 0 radical (unpaired) electrons. The minimum Gasteiger partial charge on any atom is -0.359 e. The molecule has 88 valence electrons. The molecule has 1 fully saturated rings. The Morgan fingerprint density at radius 2 is 2.27 bits per heavy atom. The Bertz CT molecular complexity index is 228. The van der Waals surface area contributed by atoms with Crippen molar-refractivity contribution in [3.05, 3.63) is 0 Å². The predicted molar refractivity (Wildman–Crippen MR) is 61.8 cm³/mol. The summed E-state index contributed by atoms with van der Waals surface area (Å²) in [5.74, 6) is 0.118. The summed E-state index contributed by atoms with van der Waals surface area (Å²) in [6.07, 6.45) is 1.74. The Morgan fingerprint density at radius 3 is 2.73 bits per heavy atom. The molecule has 1 heterocycles. The number of hydrogen-bond acceptors (Lipinski definition) is 3. The molecule has 15 heavy (non-hydrogen) atoms. The normalized spacial score (nSPS) is 24.5. The first-order chi connectivity index (χ1) is 6.94. The zero-order valence-electron chi connectivity index (χ0n) is 10.3. The van der Waals surface area contributed by atoms with E-state index >= 15 is 0 Å². The molecule has 0 aromatic heterocycles. The largest absolute Gasteiger partial charge is 0.359 e. The average Bonchev–Trinajstić information content (AvgIpc) is 2.54. The van der Waals surface area contributed by atoms with Crippen molar-refractivity contribution in [2.75, 3.05) is 27.2 Å². The fourth-order valence-corrected chi connectivity index (χ4v) is 2.02. The molecule has 1 aliphatic heterocycles. The summed E-state index contributed by atoms with van der Waals surface area (Å²) in [7, 11) is 3.78. The van der Waals surface area contributed by atoms with Gasteiger partial charge in [-0.3, -0.25) is 4.79 Å². The Kier molecular flexibility index (Phi) is 4.11. The number of amides is 1. The third-order valence-corrected chi connectivity index (χ3v) is 3.16. The average molecular weight is 213 g/mol. The Balaban J connectivity index is 2.29. The maximum absolute atomic E-state index is 11.1. The predicted octanol–water partition coefficient (Wildman–Crippen LogP) is 0.195. The number of carbonyl (C=O) groups is 1. The molecular formula is C11H23N3O. The number of hydrogen-bond donors (Lipinski definition) is 2. The van der Waals surface area contributed by atoms with Crippen LogP contribution in [0, 0.1) is 0 Å². The van der Waals surface area contributed by atoms with Gasteiger partial charge in [-0.25, -0.2) is 0 Å². The van der Waals surface area contributed by atoms with E-state index in [0.717, 1.165) is 19.5 Å². The summed E-state index contributed by atoms with van der Waals surface area (Å²) >= 11 is 0. The lowest BCUT2D eigenvalue weighted by molar-refractivity contribution is -0.120. The van der Waals surface area contributed by atoms with Gasteiger partial charge in [-0.2, -0.15) is 0 Å². The monoisotopic (exact) mass is 213 g/mol. The molecule has 1 amide bonds. The summed E-state index contributed by atoms with van der Waals surface area (Å²) in [5, 5.41) is 6.13. The molecule has 0 aromatic carbocycles. The molecule has 1 rings (SSSR count). The summed E-state index contributed by atoms with van der Waals surface area (Å²) in [6.45, 7) is 6.30. The number of nitrogens with one attached hydrogen (secondary N) is 2. The smallest absolute Gasteiger partial charge is 0.221 e. The first-order valence-corrected chi connectivity index (χ1v) is 5.60. The van der Waals surface area contributed by atoms with Crippen LogP contribution in [-0.4, -0.2) is 49.6 Å². The van der Waals surface area contributed by atoms with Crippen molar-refractivity contribution in [2.45, 2.75) is 38.3 Å². The number of likely N-dealkylation sites (N-methyl/N-ethyl adjacent to an activating group) is 1. The quantitative estimate of drug-likeness (QED) is 0.701. The van der Waals surface area contributed by atoms with E-state index in [4.69, 9.17) is 0 Å². The van der Waals surface area contributed by atoms with Gasteiger partial charge in [-0.1, -0.05) is 0 Å². The van der Waals surface area contributed by atoms with Gasteiger partial charge in [0.1, 0.15) is 0 Å². The Labute approximate surface area is 92.4 Å². The van der Waals surface area contributed by atoms with Crippen molar-refractivity contribution in [2.24, 2.45) is 0 Å². The van der Waals surface area contributed by atoms with E-state index in [1.165, 1.54) is 0 Å². The van der Waals surface area contributed by atoms with Crippen LogP contribution in [0.15, 0.2) is 0 Å². The second-order valence-corrected chi connectivity index (χ2v) is 5.03. The molecule has 0 aromatic rings. The van der Waals surface area contributed by atoms with Crippen molar-refractivity contribution < 1.29 is 4.79 Å². The molecule has 0 saturated carbocycles. The van der Waals surface area contributed by atoms with Gasteiger partial charge >= 0.3 is 0 Å². The minimum atomic E-state index is 0.118. The van der Waals surface area contributed by atoms with Crippen LogP contribution in [0.25, 0.3) is 0 Å². The summed E-state index contributed by atoms with van der Waals surface area (Å²) in [5.41, 5.74) is 0.242. The van der Waals surface area contributed by atoms with Crippen molar-refractivity contribution in [1.29, 1.82) is 0 Å². The van der Waals surface area contributed by atoms with Gasteiger partial charge in [-0.05, 0) is 27.3 Å². The third kappa shape index (κ3) is 3.80. The van der Waals surface area contributed by atoms with Crippen molar-refractivity contribution in [3.8, 4) is 0 Å². The second-order valence-electron chi connectivity index (χ2n) is 5.03. The molecule has 0 bridgehead atoms. The Morgan fingerprint density at radius 1 is 1.60 bits per heavy atom. The summed E-state index contributed by atoms with van der Waals surface area (Å²) in [6, 6.07) is 0.560. The lowest BCUT2D eigenvalue weighted by atomic mass is 10.0. The molecule has 4 heteroatoms. The SMILES string of the molecule is CNC(=O)CCN(C)C1CNC(C)(C)C1. The van der Waals surface area contributed by atoms with E-state index < -0.39 is 0 Å². The van der Waals surface area contributed by atoms with Crippen LogP contribution in [0.5, 0.6) is 0 Å². The molecule has 0 aliphatic carbocycles. The standard InChI is InChI=1S/C11H23N3O/c1-11(2)7-9(8-13-11)14(4)6-5-10(15)12-3/h9,13H,5-8H2,1-4H3,(H,12,15). The molecule has 1 atom stereocenters. The van der Waals surface area contributed by atoms with Crippen LogP contribution in [0.1, 0.15) is 26.7 Å². The summed E-state index contributed by atoms with van der Waals surface area (Å²) in [4.78, 5) is 13.4. The zero-order valence-corrected chi connectivity index (χ0v) is 10.3. The molecule has 0 spiro atoms. The van der Waals surface area contributed by atoms with E-state index in [1.54, 1.807) is 7.05 Å². The van der Waals surface area contributed by atoms with E-state index in [9.17, 15) is 4.79 Å². The minimum absolute atomic E-state index is 0.118. The van der Waals surface area contributed by atoms with Crippen LogP contribution in [0.2, 0.25) is 0 Å². The maximum atomic E-state index is 11.1. The van der Waals surface area contributed by atoms with Gasteiger partial charge in [-0.15, -0.1) is 0 Å². The highest BCUT2D eigenvalue weighted by Gasteiger charge is 2.32. The van der Waals surface area contributed by atoms with Gasteiger partial charge in [0.15, 0.2) is 0 Å². The number of nitrogens with zero attached hydrogens (tertiary/aromatic N) is 1. The van der Waals surface area contributed by atoms with Crippen LogP contribution in [-0.2, 0) is 4.79 Å². The molecular weight excluding hydrogens is 190 g/mol. The third-order valence-electron chi connectivity index (χ3n) is 3.16. The van der Waals surface area contributed by atoms with E-state index in [1.807, 2.05) is 0 Å². The Hall–Kier alpha value is -0.610. The van der Waals surface area contributed by atoms with Crippen LogP contribution < -0.4 is 10.6 Å². The fourth-order valence-electron chi connectivity index (χ4n) is 2.02. The lowest BCUT2D eigenvalue weighted by Gasteiger charge is -2.24. The van der Waals surface area contributed by atoms with E-state index in [-0.39, 0.29) is 11.4 Å². The lowest BCUT2D eigenvalue weighted by Crippen LogP contribution is -2.36. The zero-order chi connectivity index (χ0) is 11.5.